The van der Waals surface area contributed by atoms with Crippen LogP contribution < -0.4 is 5.32 Å². The third kappa shape index (κ3) is 3.08. The van der Waals surface area contributed by atoms with E-state index in [4.69, 9.17) is 5.11 Å². The van der Waals surface area contributed by atoms with Crippen molar-refractivity contribution in [2.24, 2.45) is 11.8 Å². The van der Waals surface area contributed by atoms with Gasteiger partial charge in [-0.2, -0.15) is 0 Å². The van der Waals surface area contributed by atoms with Crippen molar-refractivity contribution in [3.63, 3.8) is 0 Å². The lowest BCUT2D eigenvalue weighted by molar-refractivity contribution is -0.143. The molecule has 0 saturated carbocycles. The van der Waals surface area contributed by atoms with E-state index in [0.29, 0.717) is 0 Å². The molecule has 1 atom stereocenters. The Hall–Kier alpha value is -1.32. The molecule has 15 heavy (non-hydrogen) atoms. The Balaban J connectivity index is 2.51. The number of carbonyl (C=O) groups excluding carboxylic acids is 1. The number of carboxylic acids is 1. The molecule has 0 aliphatic heterocycles. The Morgan fingerprint density at radius 2 is 1.87 bits per heavy atom. The highest BCUT2D eigenvalue weighted by atomic mass is 16.4. The van der Waals surface area contributed by atoms with Gasteiger partial charge in [-0.05, 0) is 18.8 Å². The first-order valence-electron chi connectivity index (χ1n) is 5.20. The van der Waals surface area contributed by atoms with Crippen LogP contribution >= 0.6 is 0 Å². The second-order valence-corrected chi connectivity index (χ2v) is 4.21. The van der Waals surface area contributed by atoms with E-state index in [9.17, 15) is 9.59 Å². The maximum absolute atomic E-state index is 11.7. The van der Waals surface area contributed by atoms with Crippen molar-refractivity contribution < 1.29 is 14.7 Å². The number of carboxylic acid groups (broad SMARTS) is 1. The van der Waals surface area contributed by atoms with Crippen LogP contribution in [0.1, 0.15) is 26.7 Å². The van der Waals surface area contributed by atoms with Gasteiger partial charge in [0.15, 0.2) is 0 Å². The molecule has 1 amide bonds. The molecule has 1 aliphatic rings. The molecule has 0 saturated heterocycles. The van der Waals surface area contributed by atoms with Crippen LogP contribution in [0.15, 0.2) is 12.2 Å². The van der Waals surface area contributed by atoms with Crippen LogP contribution in [-0.4, -0.2) is 23.0 Å². The van der Waals surface area contributed by atoms with E-state index in [2.05, 4.69) is 5.32 Å². The Kier molecular flexibility index (Phi) is 3.88. The van der Waals surface area contributed by atoms with Gasteiger partial charge in [0.2, 0.25) is 5.91 Å². The molecule has 2 N–H and O–H groups in total. The Morgan fingerprint density at radius 1 is 1.33 bits per heavy atom. The minimum atomic E-state index is -0.968. The standard InChI is InChI=1S/C11H17NO3/c1-7(2)9(11(14)15)12-10(13)8-5-3-4-6-8/h3-4,7-9H,5-6H2,1-2H3,(H,12,13)(H,14,15)/t9-/m0/s1. The van der Waals surface area contributed by atoms with Gasteiger partial charge in [-0.1, -0.05) is 26.0 Å². The fourth-order valence-corrected chi connectivity index (χ4v) is 1.62. The monoisotopic (exact) mass is 211 g/mol. The van der Waals surface area contributed by atoms with Crippen LogP contribution in [-0.2, 0) is 9.59 Å². The van der Waals surface area contributed by atoms with Gasteiger partial charge >= 0.3 is 5.97 Å². The van der Waals surface area contributed by atoms with Gasteiger partial charge in [0.1, 0.15) is 6.04 Å². The molecule has 1 rings (SSSR count). The molecule has 0 radical (unpaired) electrons. The van der Waals surface area contributed by atoms with E-state index in [1.165, 1.54) is 0 Å². The average molecular weight is 211 g/mol. The highest BCUT2D eigenvalue weighted by Crippen LogP contribution is 2.18. The third-order valence-corrected chi connectivity index (χ3v) is 2.61. The first-order valence-corrected chi connectivity index (χ1v) is 5.20. The zero-order valence-electron chi connectivity index (χ0n) is 9.06. The number of rotatable bonds is 4. The third-order valence-electron chi connectivity index (χ3n) is 2.61. The average Bonchev–Trinajstić information content (AvgIpc) is 2.65. The molecule has 4 nitrogen and oxygen atoms in total. The van der Waals surface area contributed by atoms with Crippen molar-refractivity contribution in [1.82, 2.24) is 5.32 Å². The van der Waals surface area contributed by atoms with Crippen molar-refractivity contribution in [3.8, 4) is 0 Å². The number of hydrogen-bond donors (Lipinski definition) is 2. The van der Waals surface area contributed by atoms with Crippen LogP contribution in [0.2, 0.25) is 0 Å². The summed E-state index contributed by atoms with van der Waals surface area (Å²) in [7, 11) is 0. The van der Waals surface area contributed by atoms with Crippen molar-refractivity contribution >= 4 is 11.9 Å². The second kappa shape index (κ2) is 4.96. The van der Waals surface area contributed by atoms with Crippen LogP contribution in [0.25, 0.3) is 0 Å². The van der Waals surface area contributed by atoms with Gasteiger partial charge in [0.25, 0.3) is 0 Å². The number of amides is 1. The number of allylic oxidation sites excluding steroid dienone is 2. The fourth-order valence-electron chi connectivity index (χ4n) is 1.62. The normalized spacial score (nSPS) is 18.1. The summed E-state index contributed by atoms with van der Waals surface area (Å²) in [6.45, 7) is 3.57. The number of carbonyl (C=O) groups is 2. The van der Waals surface area contributed by atoms with Crippen LogP contribution in [0.5, 0.6) is 0 Å². The van der Waals surface area contributed by atoms with E-state index < -0.39 is 12.0 Å². The number of hydrogen-bond acceptors (Lipinski definition) is 2. The van der Waals surface area contributed by atoms with E-state index >= 15 is 0 Å². The van der Waals surface area contributed by atoms with E-state index in [1.54, 1.807) is 13.8 Å². The van der Waals surface area contributed by atoms with Crippen LogP contribution in [0.3, 0.4) is 0 Å². The van der Waals surface area contributed by atoms with E-state index in [-0.39, 0.29) is 17.7 Å². The molecule has 84 valence electrons. The minimum Gasteiger partial charge on any atom is -0.480 e. The van der Waals surface area contributed by atoms with Gasteiger partial charge in [0, 0.05) is 5.92 Å². The van der Waals surface area contributed by atoms with Gasteiger partial charge in [-0.25, -0.2) is 4.79 Å². The second-order valence-electron chi connectivity index (χ2n) is 4.21. The van der Waals surface area contributed by atoms with Crippen molar-refractivity contribution in [2.45, 2.75) is 32.7 Å². The van der Waals surface area contributed by atoms with Crippen LogP contribution in [0.4, 0.5) is 0 Å². The highest BCUT2D eigenvalue weighted by Gasteiger charge is 2.27. The van der Waals surface area contributed by atoms with Crippen molar-refractivity contribution in [1.29, 1.82) is 0 Å². The first-order chi connectivity index (χ1) is 7.02. The number of aliphatic carboxylic acids is 1. The molecule has 0 aromatic heterocycles. The molecule has 0 fully saturated rings. The predicted molar refractivity (Wildman–Crippen MR) is 56.3 cm³/mol. The molecule has 0 unspecified atom stereocenters. The Morgan fingerprint density at radius 3 is 2.27 bits per heavy atom. The molecular weight excluding hydrogens is 194 g/mol. The van der Waals surface area contributed by atoms with Crippen molar-refractivity contribution in [3.05, 3.63) is 12.2 Å². The minimum absolute atomic E-state index is 0.0781. The molecule has 0 aromatic carbocycles. The molecular formula is C11H17NO3. The topological polar surface area (TPSA) is 66.4 Å². The summed E-state index contributed by atoms with van der Waals surface area (Å²) in [5.74, 6) is -1.29. The van der Waals surface area contributed by atoms with Gasteiger partial charge in [-0.3, -0.25) is 4.79 Å². The summed E-state index contributed by atoms with van der Waals surface area (Å²) in [6.07, 6.45) is 5.34. The predicted octanol–water partition coefficient (Wildman–Crippen LogP) is 1.18. The lowest BCUT2D eigenvalue weighted by Crippen LogP contribution is -2.46. The van der Waals surface area contributed by atoms with Crippen molar-refractivity contribution in [2.75, 3.05) is 0 Å². The molecule has 4 heteroatoms. The van der Waals surface area contributed by atoms with Crippen LogP contribution in [0, 0.1) is 11.8 Å². The van der Waals surface area contributed by atoms with Gasteiger partial charge < -0.3 is 10.4 Å². The first kappa shape index (κ1) is 11.8. The molecule has 0 aromatic rings. The van der Waals surface area contributed by atoms with Gasteiger partial charge in [-0.15, -0.1) is 0 Å². The maximum Gasteiger partial charge on any atom is 0.326 e. The molecule has 0 heterocycles. The lowest BCUT2D eigenvalue weighted by atomic mass is 10.0. The fraction of sp³-hybridized carbons (Fsp3) is 0.636. The quantitative estimate of drug-likeness (QED) is 0.686. The number of nitrogens with one attached hydrogen (secondary N) is 1. The molecule has 0 bridgehead atoms. The maximum atomic E-state index is 11.7. The summed E-state index contributed by atoms with van der Waals surface area (Å²) in [5.41, 5.74) is 0. The zero-order chi connectivity index (χ0) is 11.4. The SMILES string of the molecule is CC(C)[C@H](NC(=O)C1CC=CC1)C(=O)O. The Bertz CT molecular complexity index is 276. The zero-order valence-corrected chi connectivity index (χ0v) is 9.06. The summed E-state index contributed by atoms with van der Waals surface area (Å²) in [6, 6.07) is -0.780. The van der Waals surface area contributed by atoms with Gasteiger partial charge in [0.05, 0.1) is 0 Å². The smallest absolute Gasteiger partial charge is 0.326 e. The Labute approximate surface area is 89.4 Å². The van der Waals surface area contributed by atoms with E-state index in [0.717, 1.165) is 12.8 Å². The van der Waals surface area contributed by atoms with E-state index in [1.807, 2.05) is 12.2 Å². The summed E-state index contributed by atoms with van der Waals surface area (Å²) < 4.78 is 0. The summed E-state index contributed by atoms with van der Waals surface area (Å²) in [4.78, 5) is 22.5. The highest BCUT2D eigenvalue weighted by molar-refractivity contribution is 5.85. The summed E-state index contributed by atoms with van der Waals surface area (Å²) in [5, 5.41) is 11.5. The largest absolute Gasteiger partial charge is 0.480 e. The molecule has 0 spiro atoms. The summed E-state index contributed by atoms with van der Waals surface area (Å²) >= 11 is 0. The lowest BCUT2D eigenvalue weighted by Gasteiger charge is -2.20. The molecule has 1 aliphatic carbocycles.